The van der Waals surface area contributed by atoms with Crippen LogP contribution in [0.25, 0.3) is 11.5 Å². The van der Waals surface area contributed by atoms with Crippen LogP contribution in [0.2, 0.25) is 5.02 Å². The van der Waals surface area contributed by atoms with Gasteiger partial charge in [-0.2, -0.15) is 0 Å². The summed E-state index contributed by atoms with van der Waals surface area (Å²) in [7, 11) is -1.24. The Balaban J connectivity index is 1.67. The lowest BCUT2D eigenvalue weighted by Gasteiger charge is -2.08. The fourth-order valence-corrected chi connectivity index (χ4v) is 4.63. The Hall–Kier alpha value is -2.54. The molecule has 7 heteroatoms. The summed E-state index contributed by atoms with van der Waals surface area (Å²) in [5.74, 6) is 0.807. The van der Waals surface area contributed by atoms with Crippen molar-refractivity contribution in [3.8, 4) is 11.5 Å². The van der Waals surface area contributed by atoms with Crippen LogP contribution in [0.5, 0.6) is 0 Å². The lowest BCUT2D eigenvalue weighted by molar-refractivity contribution is 0.682. The third kappa shape index (κ3) is 5.29. The number of pyridine rings is 1. The second kappa shape index (κ2) is 9.31. The molecule has 0 bridgehead atoms. The summed E-state index contributed by atoms with van der Waals surface area (Å²) in [6.07, 6.45) is 1.71. The van der Waals surface area contributed by atoms with Gasteiger partial charge in [-0.25, -0.2) is 9.97 Å². The van der Waals surface area contributed by atoms with Gasteiger partial charge >= 0.3 is 0 Å². The number of hydrogen-bond acceptors (Lipinski definition) is 5. The Morgan fingerprint density at radius 2 is 1.66 bits per heavy atom. The first-order valence-corrected chi connectivity index (χ1v) is 11.3. The van der Waals surface area contributed by atoms with Gasteiger partial charge < -0.3 is 0 Å². The minimum atomic E-state index is -1.24. The van der Waals surface area contributed by atoms with Crippen molar-refractivity contribution in [3.63, 3.8) is 0 Å². The van der Waals surface area contributed by atoms with E-state index in [-0.39, 0.29) is 5.75 Å². The van der Waals surface area contributed by atoms with E-state index in [0.717, 1.165) is 9.92 Å². The highest BCUT2D eigenvalue weighted by Crippen LogP contribution is 2.28. The lowest BCUT2D eigenvalue weighted by atomic mass is 10.3. The quantitative estimate of drug-likeness (QED) is 0.365. The molecule has 2 aromatic heterocycles. The van der Waals surface area contributed by atoms with Crippen molar-refractivity contribution in [3.05, 3.63) is 95.8 Å². The molecule has 0 fully saturated rings. The Bertz CT molecular complexity index is 1120. The van der Waals surface area contributed by atoms with E-state index in [1.807, 2.05) is 54.6 Å². The first-order chi connectivity index (χ1) is 14.2. The van der Waals surface area contributed by atoms with Crippen molar-refractivity contribution >= 4 is 34.2 Å². The van der Waals surface area contributed by atoms with Crippen molar-refractivity contribution in [1.82, 2.24) is 15.0 Å². The zero-order chi connectivity index (χ0) is 20.1. The largest absolute Gasteiger partial charge is 0.254 e. The molecule has 4 nitrogen and oxygen atoms in total. The van der Waals surface area contributed by atoms with E-state index in [0.29, 0.717) is 27.1 Å². The monoisotopic (exact) mass is 437 g/mol. The molecule has 4 rings (SSSR count). The summed E-state index contributed by atoms with van der Waals surface area (Å²) in [4.78, 5) is 15.4. The second-order valence-electron chi connectivity index (χ2n) is 6.09. The molecular formula is C22H16ClN3OS2. The van der Waals surface area contributed by atoms with Crippen LogP contribution in [0.1, 0.15) is 5.69 Å². The van der Waals surface area contributed by atoms with Gasteiger partial charge in [0.2, 0.25) is 0 Å². The van der Waals surface area contributed by atoms with E-state index in [1.54, 1.807) is 42.2 Å². The minimum Gasteiger partial charge on any atom is -0.254 e. The molecule has 0 aliphatic carbocycles. The average Bonchev–Trinajstić information content (AvgIpc) is 2.75. The van der Waals surface area contributed by atoms with Crippen LogP contribution in [0, 0.1) is 0 Å². The zero-order valence-electron chi connectivity index (χ0n) is 15.2. The van der Waals surface area contributed by atoms with E-state index in [2.05, 4.69) is 15.0 Å². The second-order valence-corrected chi connectivity index (χ2v) is 9.08. The molecule has 2 heterocycles. The predicted molar refractivity (Wildman–Crippen MR) is 117 cm³/mol. The maximum atomic E-state index is 12.8. The molecule has 2 aromatic carbocycles. The predicted octanol–water partition coefficient (Wildman–Crippen LogP) is 5.65. The van der Waals surface area contributed by atoms with E-state index in [1.165, 1.54) is 0 Å². The molecular weight excluding hydrogens is 422 g/mol. The zero-order valence-corrected chi connectivity index (χ0v) is 17.6. The van der Waals surface area contributed by atoms with E-state index < -0.39 is 10.8 Å². The van der Waals surface area contributed by atoms with Gasteiger partial charge in [0, 0.05) is 21.0 Å². The van der Waals surface area contributed by atoms with Crippen molar-refractivity contribution in [2.24, 2.45) is 0 Å². The van der Waals surface area contributed by atoms with Crippen LogP contribution in [0.4, 0.5) is 0 Å². The highest BCUT2D eigenvalue weighted by atomic mass is 35.5. The summed E-state index contributed by atoms with van der Waals surface area (Å²) in [5, 5.41) is 1.40. The van der Waals surface area contributed by atoms with Crippen molar-refractivity contribution < 1.29 is 4.21 Å². The smallest absolute Gasteiger partial charge is 0.179 e. The number of halogens is 1. The number of benzene rings is 2. The molecule has 4 aromatic rings. The number of nitrogens with zero attached hydrogens (tertiary/aromatic N) is 3. The van der Waals surface area contributed by atoms with Crippen molar-refractivity contribution in [1.29, 1.82) is 0 Å². The first-order valence-electron chi connectivity index (χ1n) is 8.83. The summed E-state index contributed by atoms with van der Waals surface area (Å²) < 4.78 is 12.8. The normalized spacial score (nSPS) is 11.9. The topological polar surface area (TPSA) is 55.7 Å². The molecule has 0 unspecified atom stereocenters. The van der Waals surface area contributed by atoms with Crippen LogP contribution in [-0.4, -0.2) is 19.2 Å². The Labute approximate surface area is 180 Å². The van der Waals surface area contributed by atoms with Crippen molar-refractivity contribution in [2.75, 3.05) is 0 Å². The Morgan fingerprint density at radius 3 is 2.38 bits per heavy atom. The maximum Gasteiger partial charge on any atom is 0.179 e. The van der Waals surface area contributed by atoms with Gasteiger partial charge in [0.05, 0.1) is 22.2 Å². The SMILES string of the molecule is O=[S@](Cc1cc(Sc2ccccc2)nc(-c2ccccn2)n1)c1ccc(Cl)cc1. The highest BCUT2D eigenvalue weighted by Gasteiger charge is 2.13. The molecule has 0 amide bonds. The van der Waals surface area contributed by atoms with Gasteiger partial charge in [0.25, 0.3) is 0 Å². The molecule has 0 saturated carbocycles. The Morgan fingerprint density at radius 1 is 0.897 bits per heavy atom. The van der Waals surface area contributed by atoms with E-state index >= 15 is 0 Å². The third-order valence-electron chi connectivity index (χ3n) is 3.97. The Kier molecular flexibility index (Phi) is 6.34. The maximum absolute atomic E-state index is 12.8. The minimum absolute atomic E-state index is 0.284. The molecule has 0 aliphatic rings. The molecule has 29 heavy (non-hydrogen) atoms. The van der Waals surface area contributed by atoms with Gasteiger partial charge in [0.1, 0.15) is 10.7 Å². The first kappa shape index (κ1) is 19.8. The van der Waals surface area contributed by atoms with Gasteiger partial charge in [-0.15, -0.1) is 0 Å². The number of hydrogen-bond donors (Lipinski definition) is 0. The van der Waals surface area contributed by atoms with E-state index in [9.17, 15) is 4.21 Å². The molecule has 0 N–H and O–H groups in total. The summed E-state index contributed by atoms with van der Waals surface area (Å²) >= 11 is 7.47. The van der Waals surface area contributed by atoms with E-state index in [4.69, 9.17) is 11.6 Å². The van der Waals surface area contributed by atoms with Crippen LogP contribution < -0.4 is 0 Å². The summed E-state index contributed by atoms with van der Waals surface area (Å²) in [6.45, 7) is 0. The molecule has 0 aliphatic heterocycles. The molecule has 144 valence electrons. The fourth-order valence-electron chi connectivity index (χ4n) is 2.62. The summed E-state index contributed by atoms with van der Waals surface area (Å²) in [6, 6.07) is 24.5. The average molecular weight is 438 g/mol. The number of aromatic nitrogens is 3. The lowest BCUT2D eigenvalue weighted by Crippen LogP contribution is -2.03. The van der Waals surface area contributed by atoms with Crippen LogP contribution in [0.3, 0.4) is 0 Å². The van der Waals surface area contributed by atoms with Crippen LogP contribution >= 0.6 is 23.4 Å². The van der Waals surface area contributed by atoms with Gasteiger partial charge in [-0.3, -0.25) is 9.19 Å². The van der Waals surface area contributed by atoms with Gasteiger partial charge in [-0.1, -0.05) is 47.6 Å². The number of rotatable bonds is 6. The molecule has 0 radical (unpaired) electrons. The van der Waals surface area contributed by atoms with Crippen molar-refractivity contribution in [2.45, 2.75) is 20.6 Å². The van der Waals surface area contributed by atoms with Crippen LogP contribution in [0.15, 0.2) is 99.9 Å². The fraction of sp³-hybridized carbons (Fsp3) is 0.0455. The van der Waals surface area contributed by atoms with Crippen LogP contribution in [-0.2, 0) is 16.6 Å². The highest BCUT2D eigenvalue weighted by molar-refractivity contribution is 7.99. The molecule has 0 saturated heterocycles. The standard InChI is InChI=1S/C22H16ClN3OS2/c23-16-9-11-19(12-10-16)29(27)15-17-14-21(28-18-6-2-1-3-7-18)26-22(25-17)20-8-4-5-13-24-20/h1-14H,15H2/t29-/m1/s1. The molecule has 1 atom stereocenters. The molecule has 0 spiro atoms. The summed E-state index contributed by atoms with van der Waals surface area (Å²) in [5.41, 5.74) is 1.38. The van der Waals surface area contributed by atoms with Gasteiger partial charge in [-0.05, 0) is 54.6 Å². The third-order valence-corrected chi connectivity index (χ3v) is 6.50. The van der Waals surface area contributed by atoms with Gasteiger partial charge in [0.15, 0.2) is 5.82 Å².